The monoisotopic (exact) mass is 884 g/mol. The van der Waals surface area contributed by atoms with Crippen molar-refractivity contribution >= 4 is 103 Å². The van der Waals surface area contributed by atoms with Crippen molar-refractivity contribution in [1.29, 1.82) is 0 Å². The Labute approximate surface area is 189 Å². The minimum Gasteiger partial charge on any atom is 2.00 e. The molecule has 15 heavy (non-hydrogen) atoms. The van der Waals surface area contributed by atoms with Gasteiger partial charge in [-0.25, -0.2) is 0 Å². The van der Waals surface area contributed by atoms with Gasteiger partial charge in [-0.3, -0.25) is 0 Å². The molecule has 0 saturated heterocycles. The molecule has 0 aromatic heterocycles. The molecular weight excluding hydrogens is 883 g/mol. The van der Waals surface area contributed by atoms with Crippen molar-refractivity contribution in [1.82, 2.24) is 0 Å². The van der Waals surface area contributed by atoms with Crippen LogP contribution in [0.5, 0.6) is 0 Å². The van der Waals surface area contributed by atoms with Crippen LogP contribution < -0.4 is 21.1 Å². The van der Waals surface area contributed by atoms with E-state index in [1.807, 2.05) is 0 Å². The normalized spacial score (nSPS) is 5.20. The molecule has 0 aliphatic carbocycles. The van der Waals surface area contributed by atoms with E-state index in [1.165, 1.54) is 0 Å². The maximum atomic E-state index is 8.61. The fourth-order valence-corrected chi connectivity index (χ4v) is 0. The molecule has 0 aromatic rings. The molecule has 0 atom stereocenters. The van der Waals surface area contributed by atoms with E-state index in [2.05, 4.69) is 0 Å². The summed E-state index contributed by atoms with van der Waals surface area (Å²) in [6.07, 6.45) is 0. The summed E-state index contributed by atoms with van der Waals surface area (Å²) < 4.78 is 77.3. The Morgan fingerprint density at radius 1 is 0.800 bits per heavy atom. The third-order valence-corrected chi connectivity index (χ3v) is 0. The van der Waals surface area contributed by atoms with Gasteiger partial charge in [-0.15, -0.1) is 0 Å². The molecule has 0 rings (SSSR count). The van der Waals surface area contributed by atoms with Crippen LogP contribution in [0.2, 0.25) is 0 Å². The van der Waals surface area contributed by atoms with Crippen LogP contribution in [0.4, 0.5) is 0 Å². The van der Waals surface area contributed by atoms with E-state index in [0.29, 0.717) is 0 Å². The van der Waals surface area contributed by atoms with Crippen molar-refractivity contribution in [2.24, 2.45) is 0 Å². The molecular formula is BaO9Pb2Ti2Zr. The van der Waals surface area contributed by atoms with Gasteiger partial charge in [0.2, 0.25) is 0 Å². The van der Waals surface area contributed by atoms with E-state index >= 15 is 0 Å². The maximum Gasteiger partial charge on any atom is 2.00 e. The minimum atomic E-state index is -4.29. The molecule has 0 amide bonds. The molecule has 0 unspecified atom stereocenters. The third-order valence-electron chi connectivity index (χ3n) is 0. The fourth-order valence-electron chi connectivity index (χ4n) is 0. The zero-order chi connectivity index (χ0) is 10.7. The number of rotatable bonds is 0. The number of hydrogen-bond donors (Lipinski definition) is 0. The van der Waals surface area contributed by atoms with Crippen LogP contribution in [0.15, 0.2) is 0 Å². The molecule has 0 aromatic carbocycles. The summed E-state index contributed by atoms with van der Waals surface area (Å²) >= 11 is -12.5. The maximum absolute atomic E-state index is 8.61. The smallest absolute Gasteiger partial charge is 2.00 e. The first-order chi connectivity index (χ1) is 5.20. The molecule has 4 radical (unpaired) electrons. The Bertz CT molecular complexity index is 124. The van der Waals surface area contributed by atoms with Gasteiger partial charge in [-0.1, -0.05) is 0 Å². The van der Waals surface area contributed by atoms with Gasteiger partial charge in [-0.05, 0) is 0 Å². The van der Waals surface area contributed by atoms with Gasteiger partial charge in [0.15, 0.2) is 0 Å². The predicted molar refractivity (Wildman–Crippen MR) is 19.3 cm³/mol. The second kappa shape index (κ2) is 31.3. The van der Waals surface area contributed by atoms with Gasteiger partial charge < -0.3 is 0 Å². The van der Waals surface area contributed by atoms with Gasteiger partial charge in [0.05, 0.1) is 0 Å². The molecule has 0 saturated carbocycles. The van der Waals surface area contributed by atoms with E-state index in [4.69, 9.17) is 30.6 Å². The molecule has 0 bridgehead atoms. The second-order valence-electron chi connectivity index (χ2n) is 0.750. The average molecular weight is 883 g/mol. The topological polar surface area (TPSA) is 190 Å². The van der Waals surface area contributed by atoms with Gasteiger partial charge in [-0.2, -0.15) is 0 Å². The van der Waals surface area contributed by atoms with Crippen LogP contribution in [-0.2, 0) is 69.3 Å². The summed E-state index contributed by atoms with van der Waals surface area (Å²) in [7, 11) is 0. The molecule has 15 heteroatoms. The van der Waals surface area contributed by atoms with Crippen LogP contribution in [0, 0.1) is 0 Å². The van der Waals surface area contributed by atoms with Gasteiger partial charge >= 0.3 is 194 Å². The molecule has 0 heterocycles. The second-order valence-corrected chi connectivity index (χ2v) is 3.54. The van der Waals surface area contributed by atoms with E-state index in [0.717, 1.165) is 0 Å². The largest absolute Gasteiger partial charge is 2.00 e. The first-order valence-corrected chi connectivity index (χ1v) is 8.67. The van der Waals surface area contributed by atoms with Crippen LogP contribution in [-0.4, -0.2) is 103 Å². The molecule has 76 valence electrons. The molecule has 0 fully saturated rings. The Morgan fingerprint density at radius 2 is 0.800 bits per heavy atom. The van der Waals surface area contributed by atoms with Crippen molar-refractivity contribution in [2.75, 3.05) is 0 Å². The van der Waals surface area contributed by atoms with Crippen molar-refractivity contribution in [3.63, 3.8) is 0 Å². The van der Waals surface area contributed by atoms with Crippen LogP contribution in [0.3, 0.4) is 0 Å². The van der Waals surface area contributed by atoms with Crippen LogP contribution >= 0.6 is 0 Å². The van der Waals surface area contributed by atoms with Crippen LogP contribution in [0.1, 0.15) is 0 Å². The summed E-state index contributed by atoms with van der Waals surface area (Å²) in [5.74, 6) is 0. The molecule has 0 N–H and O–H groups in total. The molecule has 0 spiro atoms. The summed E-state index contributed by atoms with van der Waals surface area (Å²) in [6.45, 7) is 0. The van der Waals surface area contributed by atoms with Gasteiger partial charge in [0.1, 0.15) is 0 Å². The Morgan fingerprint density at radius 3 is 0.800 bits per heavy atom. The fraction of sp³-hybridized carbons (Fsp3) is 0. The summed E-state index contributed by atoms with van der Waals surface area (Å²) in [5, 5.41) is 0. The first-order valence-electron chi connectivity index (χ1n) is 1.84. The number of hydrogen-bond acceptors (Lipinski definition) is 9. The van der Waals surface area contributed by atoms with Crippen molar-refractivity contribution in [2.45, 2.75) is 0 Å². The first kappa shape index (κ1) is 36.8. The Hall–Kier alpha value is 4.89. The third kappa shape index (κ3) is 226. The van der Waals surface area contributed by atoms with E-state index in [-0.39, 0.29) is 103 Å². The van der Waals surface area contributed by atoms with Crippen molar-refractivity contribution in [3.8, 4) is 0 Å². The zero-order valence-electron chi connectivity index (χ0n) is 6.88. The molecule has 0 aliphatic rings. The average Bonchev–Trinajstić information content (AvgIpc) is 1.54. The Balaban J connectivity index is -0.0000000184. The SMILES string of the molecule is [Ba+2].[O]=[Ti]([O-])[O-].[O]=[Ti]([O-])[O-].[O]=[Zr]([O-])[O-].[Pb+2].[Pb+2]. The van der Waals surface area contributed by atoms with Crippen molar-refractivity contribution < 1.29 is 90.4 Å². The van der Waals surface area contributed by atoms with E-state index in [9.17, 15) is 0 Å². The quantitative estimate of drug-likeness (QED) is 0.213. The van der Waals surface area contributed by atoms with Crippen molar-refractivity contribution in [3.05, 3.63) is 0 Å². The zero-order valence-corrected chi connectivity index (χ0v) is 24.7. The minimum absolute atomic E-state index is 0. The van der Waals surface area contributed by atoms with Gasteiger partial charge in [0, 0.05) is 0 Å². The summed E-state index contributed by atoms with van der Waals surface area (Å²) in [4.78, 5) is 0. The predicted octanol–water partition coefficient (Wildman–Crippen LogP) is -8.64. The molecule has 9 nitrogen and oxygen atoms in total. The van der Waals surface area contributed by atoms with Crippen LogP contribution in [0.25, 0.3) is 0 Å². The van der Waals surface area contributed by atoms with E-state index < -0.39 is 59.9 Å². The standard InChI is InChI=1S/Ba.9O.2Pb.2Ti.Zr/q+2;;;;6*-1;2*+2;;;. The van der Waals surface area contributed by atoms with Gasteiger partial charge in [0.25, 0.3) is 0 Å². The Kier molecular flexibility index (Phi) is 76.8. The molecule has 0 aliphatic heterocycles. The van der Waals surface area contributed by atoms with E-state index in [1.54, 1.807) is 0 Å². The summed E-state index contributed by atoms with van der Waals surface area (Å²) in [5.41, 5.74) is 0. The summed E-state index contributed by atoms with van der Waals surface area (Å²) in [6, 6.07) is 0.